The SMILES string of the molecule is C=CCOc1ccc2[nH]cc(N=C=O)c2c1. The van der Waals surface area contributed by atoms with Crippen LogP contribution in [0.2, 0.25) is 0 Å². The van der Waals surface area contributed by atoms with Crippen LogP contribution in [-0.4, -0.2) is 17.7 Å². The fraction of sp³-hybridized carbons (Fsp3) is 0.0833. The van der Waals surface area contributed by atoms with Crippen LogP contribution in [0.5, 0.6) is 5.75 Å². The maximum absolute atomic E-state index is 10.2. The van der Waals surface area contributed by atoms with Gasteiger partial charge >= 0.3 is 0 Å². The van der Waals surface area contributed by atoms with Gasteiger partial charge in [-0.25, -0.2) is 4.79 Å². The first-order valence-electron chi connectivity index (χ1n) is 4.78. The molecule has 2 aromatic rings. The van der Waals surface area contributed by atoms with Gasteiger partial charge in [0.05, 0.1) is 0 Å². The fourth-order valence-electron chi connectivity index (χ4n) is 1.47. The minimum Gasteiger partial charge on any atom is -0.490 e. The Bertz CT molecular complexity index is 565. The van der Waals surface area contributed by atoms with E-state index in [1.807, 2.05) is 18.2 Å². The number of nitrogens with zero attached hydrogens (tertiary/aromatic N) is 1. The quantitative estimate of drug-likeness (QED) is 0.483. The molecule has 0 unspecified atom stereocenters. The number of H-pyrrole nitrogens is 1. The number of benzene rings is 1. The van der Waals surface area contributed by atoms with Crippen LogP contribution in [-0.2, 0) is 4.79 Å². The molecule has 16 heavy (non-hydrogen) atoms. The first-order chi connectivity index (χ1) is 7.85. The molecule has 0 fully saturated rings. The van der Waals surface area contributed by atoms with Crippen molar-refractivity contribution in [3.63, 3.8) is 0 Å². The zero-order chi connectivity index (χ0) is 11.4. The van der Waals surface area contributed by atoms with Gasteiger partial charge < -0.3 is 9.72 Å². The van der Waals surface area contributed by atoms with Crippen molar-refractivity contribution in [3.8, 4) is 5.75 Å². The molecule has 0 atom stereocenters. The molecule has 0 amide bonds. The van der Waals surface area contributed by atoms with E-state index in [4.69, 9.17) is 4.74 Å². The maximum Gasteiger partial charge on any atom is 0.240 e. The molecular weight excluding hydrogens is 204 g/mol. The predicted octanol–water partition coefficient (Wildman–Crippen LogP) is 2.70. The molecule has 80 valence electrons. The average Bonchev–Trinajstić information content (AvgIpc) is 2.70. The number of aliphatic imine (C=N–C) groups is 1. The van der Waals surface area contributed by atoms with E-state index in [0.717, 1.165) is 10.9 Å². The Labute approximate surface area is 92.3 Å². The largest absolute Gasteiger partial charge is 0.490 e. The first-order valence-corrected chi connectivity index (χ1v) is 4.78. The molecular formula is C12H10N2O2. The zero-order valence-electron chi connectivity index (χ0n) is 8.56. The Morgan fingerprint density at radius 2 is 2.44 bits per heavy atom. The molecule has 0 saturated carbocycles. The molecule has 0 aliphatic rings. The maximum atomic E-state index is 10.2. The molecule has 1 aromatic heterocycles. The van der Waals surface area contributed by atoms with Gasteiger partial charge in [-0.1, -0.05) is 12.7 Å². The van der Waals surface area contributed by atoms with Crippen molar-refractivity contribution in [1.82, 2.24) is 4.98 Å². The van der Waals surface area contributed by atoms with Gasteiger partial charge in [-0.3, -0.25) is 0 Å². The third-order valence-corrected chi connectivity index (χ3v) is 2.17. The molecule has 1 N–H and O–H groups in total. The third-order valence-electron chi connectivity index (χ3n) is 2.17. The van der Waals surface area contributed by atoms with Crippen LogP contribution >= 0.6 is 0 Å². The lowest BCUT2D eigenvalue weighted by atomic mass is 10.2. The summed E-state index contributed by atoms with van der Waals surface area (Å²) in [5.41, 5.74) is 1.47. The highest BCUT2D eigenvalue weighted by molar-refractivity contribution is 5.92. The summed E-state index contributed by atoms with van der Waals surface area (Å²) < 4.78 is 5.39. The Morgan fingerprint density at radius 3 is 3.19 bits per heavy atom. The van der Waals surface area contributed by atoms with E-state index in [1.54, 1.807) is 12.3 Å². The van der Waals surface area contributed by atoms with Gasteiger partial charge in [0.25, 0.3) is 0 Å². The van der Waals surface area contributed by atoms with Crippen molar-refractivity contribution in [1.29, 1.82) is 0 Å². The number of fused-ring (bicyclic) bond motifs is 1. The second-order valence-corrected chi connectivity index (χ2v) is 3.18. The van der Waals surface area contributed by atoms with Crippen LogP contribution in [0.1, 0.15) is 0 Å². The molecule has 1 aromatic carbocycles. The van der Waals surface area contributed by atoms with Crippen LogP contribution in [0, 0.1) is 0 Å². The minimum absolute atomic E-state index is 0.447. The number of nitrogens with one attached hydrogen (secondary N) is 1. The van der Waals surface area contributed by atoms with Crippen molar-refractivity contribution in [2.75, 3.05) is 6.61 Å². The van der Waals surface area contributed by atoms with E-state index in [-0.39, 0.29) is 0 Å². The molecule has 0 saturated heterocycles. The standard InChI is InChI=1S/C12H10N2O2/c1-2-5-16-9-3-4-11-10(6-9)12(7-13-11)14-8-15/h2-4,6-7,13H,1,5H2. The molecule has 1 heterocycles. The lowest BCUT2D eigenvalue weighted by Crippen LogP contribution is -1.91. The van der Waals surface area contributed by atoms with Crippen LogP contribution in [0.4, 0.5) is 5.69 Å². The number of isocyanates is 1. The number of hydrogen-bond acceptors (Lipinski definition) is 3. The van der Waals surface area contributed by atoms with E-state index in [1.165, 1.54) is 6.08 Å². The minimum atomic E-state index is 0.447. The summed E-state index contributed by atoms with van der Waals surface area (Å²) in [4.78, 5) is 16.8. The number of aromatic amines is 1. The number of ether oxygens (including phenoxy) is 1. The van der Waals surface area contributed by atoms with E-state index < -0.39 is 0 Å². The van der Waals surface area contributed by atoms with E-state index in [2.05, 4.69) is 16.6 Å². The van der Waals surface area contributed by atoms with Crippen LogP contribution in [0.3, 0.4) is 0 Å². The lowest BCUT2D eigenvalue weighted by molar-refractivity contribution is 0.364. The number of aromatic nitrogens is 1. The molecule has 2 rings (SSSR count). The van der Waals surface area contributed by atoms with Gasteiger partial charge in [0.2, 0.25) is 6.08 Å². The number of hydrogen-bond donors (Lipinski definition) is 1. The second-order valence-electron chi connectivity index (χ2n) is 3.18. The molecule has 4 heteroatoms. The molecule has 4 nitrogen and oxygen atoms in total. The summed E-state index contributed by atoms with van der Waals surface area (Å²) in [6.07, 6.45) is 4.85. The normalized spacial score (nSPS) is 9.75. The van der Waals surface area contributed by atoms with Crippen molar-refractivity contribution in [2.45, 2.75) is 0 Å². The Kier molecular flexibility index (Phi) is 2.85. The number of carbonyl (C=O) groups excluding carboxylic acids is 1. The van der Waals surface area contributed by atoms with Crippen LogP contribution < -0.4 is 4.74 Å². The Hall–Kier alpha value is -2.32. The third kappa shape index (κ3) is 1.87. The van der Waals surface area contributed by atoms with Gasteiger partial charge in [-0.2, -0.15) is 4.99 Å². The first kappa shape index (κ1) is 10.2. The van der Waals surface area contributed by atoms with Crippen LogP contribution in [0.25, 0.3) is 10.9 Å². The van der Waals surface area contributed by atoms with Crippen LogP contribution in [0.15, 0.2) is 42.0 Å². The number of rotatable bonds is 4. The highest BCUT2D eigenvalue weighted by Gasteiger charge is 2.03. The summed E-state index contributed by atoms with van der Waals surface area (Å²) in [7, 11) is 0. The summed E-state index contributed by atoms with van der Waals surface area (Å²) >= 11 is 0. The van der Waals surface area contributed by atoms with E-state index in [0.29, 0.717) is 18.0 Å². The summed E-state index contributed by atoms with van der Waals surface area (Å²) in [5, 5.41) is 0.838. The molecule has 0 aliphatic heterocycles. The second kappa shape index (κ2) is 4.47. The summed E-state index contributed by atoms with van der Waals surface area (Å²) in [6, 6.07) is 5.54. The Morgan fingerprint density at radius 1 is 1.56 bits per heavy atom. The molecule has 0 spiro atoms. The van der Waals surface area contributed by atoms with Crippen molar-refractivity contribution < 1.29 is 9.53 Å². The topological polar surface area (TPSA) is 54.4 Å². The highest BCUT2D eigenvalue weighted by Crippen LogP contribution is 2.28. The summed E-state index contributed by atoms with van der Waals surface area (Å²) in [6.45, 7) is 4.02. The Balaban J connectivity index is 2.45. The predicted molar refractivity (Wildman–Crippen MR) is 61.8 cm³/mol. The molecule has 0 aliphatic carbocycles. The lowest BCUT2D eigenvalue weighted by Gasteiger charge is -2.02. The monoisotopic (exact) mass is 214 g/mol. The highest BCUT2D eigenvalue weighted by atomic mass is 16.5. The van der Waals surface area contributed by atoms with Gasteiger partial charge in [0.1, 0.15) is 18.0 Å². The van der Waals surface area contributed by atoms with Gasteiger partial charge in [-0.05, 0) is 18.2 Å². The van der Waals surface area contributed by atoms with Gasteiger partial charge in [0.15, 0.2) is 0 Å². The van der Waals surface area contributed by atoms with Crippen molar-refractivity contribution >= 4 is 22.7 Å². The van der Waals surface area contributed by atoms with Crippen molar-refractivity contribution in [3.05, 3.63) is 37.1 Å². The van der Waals surface area contributed by atoms with E-state index in [9.17, 15) is 4.79 Å². The van der Waals surface area contributed by atoms with Gasteiger partial charge in [-0.15, -0.1) is 0 Å². The van der Waals surface area contributed by atoms with Gasteiger partial charge in [0, 0.05) is 17.1 Å². The fourth-order valence-corrected chi connectivity index (χ4v) is 1.47. The zero-order valence-corrected chi connectivity index (χ0v) is 8.56. The van der Waals surface area contributed by atoms with E-state index >= 15 is 0 Å². The average molecular weight is 214 g/mol. The molecule has 0 radical (unpaired) electrons. The molecule has 0 bridgehead atoms. The summed E-state index contributed by atoms with van der Waals surface area (Å²) in [5.74, 6) is 0.717. The van der Waals surface area contributed by atoms with Crippen molar-refractivity contribution in [2.24, 2.45) is 4.99 Å². The smallest absolute Gasteiger partial charge is 0.240 e.